The summed E-state index contributed by atoms with van der Waals surface area (Å²) in [6.07, 6.45) is 0.675. The van der Waals surface area contributed by atoms with Crippen molar-refractivity contribution in [3.05, 3.63) is 40.7 Å². The minimum Gasteiger partial charge on any atom is -0.302 e. The lowest BCUT2D eigenvalue weighted by molar-refractivity contribution is -0.116. The van der Waals surface area contributed by atoms with Crippen molar-refractivity contribution in [2.24, 2.45) is 0 Å². The first kappa shape index (κ1) is 19.6. The smallest absolute Gasteiger partial charge is 0.291 e. The van der Waals surface area contributed by atoms with Gasteiger partial charge in [-0.25, -0.2) is 15.0 Å². The summed E-state index contributed by atoms with van der Waals surface area (Å²) in [5.74, 6) is -2.71. The normalized spacial score (nSPS) is 11.3. The predicted molar refractivity (Wildman–Crippen MR) is 105 cm³/mol. The monoisotopic (exact) mass is 408 g/mol. The van der Waals surface area contributed by atoms with Crippen LogP contribution >= 0.6 is 23.1 Å². The maximum Gasteiger partial charge on any atom is 0.291 e. The Hall–Kier alpha value is -2.13. The van der Waals surface area contributed by atoms with Gasteiger partial charge in [-0.2, -0.15) is 8.78 Å². The lowest BCUT2D eigenvalue weighted by atomic mass is 10.1. The highest BCUT2D eigenvalue weighted by atomic mass is 32.2. The Kier molecular flexibility index (Phi) is 6.01. The van der Waals surface area contributed by atoms with Crippen LogP contribution in [0.25, 0.3) is 10.2 Å². The Labute approximate surface area is 163 Å². The number of amides is 1. The van der Waals surface area contributed by atoms with Crippen LogP contribution in [0, 0.1) is 20.8 Å². The number of alkyl halides is 2. The summed E-state index contributed by atoms with van der Waals surface area (Å²) in [6.45, 7) is 5.47. The third-order valence-corrected chi connectivity index (χ3v) is 5.57. The lowest BCUT2D eigenvalue weighted by Crippen LogP contribution is -2.13. The Morgan fingerprint density at radius 3 is 2.52 bits per heavy atom. The molecule has 0 bridgehead atoms. The van der Waals surface area contributed by atoms with Crippen molar-refractivity contribution in [1.82, 2.24) is 15.0 Å². The molecule has 5 nitrogen and oxygen atoms in total. The molecule has 1 amide bonds. The molecule has 0 radical (unpaired) electrons. The lowest BCUT2D eigenvalue weighted by Gasteiger charge is -2.10. The van der Waals surface area contributed by atoms with E-state index in [-0.39, 0.29) is 17.5 Å². The third-order valence-electron chi connectivity index (χ3n) is 4.06. The van der Waals surface area contributed by atoms with E-state index in [9.17, 15) is 13.6 Å². The second-order valence-electron chi connectivity index (χ2n) is 6.02. The summed E-state index contributed by atoms with van der Waals surface area (Å²) in [6, 6.07) is 5.91. The van der Waals surface area contributed by atoms with Crippen molar-refractivity contribution in [1.29, 1.82) is 0 Å². The summed E-state index contributed by atoms with van der Waals surface area (Å²) in [4.78, 5) is 25.0. The van der Waals surface area contributed by atoms with Crippen LogP contribution in [-0.4, -0.2) is 26.6 Å². The number of rotatable bonds is 6. The van der Waals surface area contributed by atoms with Crippen molar-refractivity contribution in [3.8, 4) is 0 Å². The van der Waals surface area contributed by atoms with Crippen LogP contribution in [-0.2, 0) is 11.2 Å². The molecule has 0 fully saturated rings. The number of hydrogen-bond acceptors (Lipinski definition) is 6. The van der Waals surface area contributed by atoms with E-state index in [1.165, 1.54) is 11.3 Å². The highest BCUT2D eigenvalue weighted by Gasteiger charge is 2.15. The molecular formula is C18H18F2N4OS2. The molecule has 0 aliphatic rings. The maximum atomic E-state index is 12.5. The first-order valence-corrected chi connectivity index (χ1v) is 9.98. The number of fused-ring (bicyclic) bond motifs is 1. The molecule has 27 heavy (non-hydrogen) atoms. The van der Waals surface area contributed by atoms with Gasteiger partial charge in [0.1, 0.15) is 0 Å². The fourth-order valence-electron chi connectivity index (χ4n) is 2.76. The number of hydrogen-bond donors (Lipinski definition) is 1. The second-order valence-corrected chi connectivity index (χ2v) is 8.01. The molecule has 1 N–H and O–H groups in total. The largest absolute Gasteiger partial charge is 0.302 e. The number of nitrogens with zero attached hydrogens (tertiary/aromatic N) is 3. The first-order chi connectivity index (χ1) is 12.8. The minimum atomic E-state index is -2.56. The molecule has 0 aliphatic heterocycles. The number of para-hydroxylation sites is 1. The number of aromatic nitrogens is 3. The Morgan fingerprint density at radius 2 is 1.89 bits per heavy atom. The molecule has 0 saturated heterocycles. The van der Waals surface area contributed by atoms with Crippen molar-refractivity contribution in [2.75, 3.05) is 5.32 Å². The van der Waals surface area contributed by atoms with Gasteiger partial charge in [0.25, 0.3) is 5.76 Å². The van der Waals surface area contributed by atoms with Gasteiger partial charge in [0.05, 0.1) is 10.2 Å². The van der Waals surface area contributed by atoms with E-state index in [1.54, 1.807) is 13.8 Å². The van der Waals surface area contributed by atoms with Crippen molar-refractivity contribution >= 4 is 44.4 Å². The first-order valence-electron chi connectivity index (χ1n) is 8.28. The van der Waals surface area contributed by atoms with Crippen LogP contribution in [0.1, 0.15) is 28.9 Å². The van der Waals surface area contributed by atoms with Crippen molar-refractivity contribution in [2.45, 2.75) is 44.5 Å². The summed E-state index contributed by atoms with van der Waals surface area (Å²) in [5, 5.41) is 3.45. The highest BCUT2D eigenvalue weighted by molar-refractivity contribution is 7.99. The van der Waals surface area contributed by atoms with Gasteiger partial charge in [0, 0.05) is 17.8 Å². The van der Waals surface area contributed by atoms with E-state index in [2.05, 4.69) is 20.3 Å². The van der Waals surface area contributed by atoms with Gasteiger partial charge >= 0.3 is 0 Å². The highest BCUT2D eigenvalue weighted by Crippen LogP contribution is 2.28. The minimum absolute atomic E-state index is 0.0537. The number of thiazole rings is 1. The number of nitrogens with one attached hydrogen (secondary N) is 1. The van der Waals surface area contributed by atoms with Crippen LogP contribution in [0.4, 0.5) is 13.9 Å². The molecule has 0 spiro atoms. The number of carbonyl (C=O) groups excluding carboxylic acids is 1. The van der Waals surface area contributed by atoms with Gasteiger partial charge in [-0.15, -0.1) is 0 Å². The predicted octanol–water partition coefficient (Wildman–Crippen LogP) is 4.90. The molecule has 0 unspecified atom stereocenters. The fraction of sp³-hybridized carbons (Fsp3) is 0.333. The fourth-order valence-corrected chi connectivity index (χ4v) is 4.26. The van der Waals surface area contributed by atoms with Crippen LogP contribution in [0.15, 0.2) is 23.4 Å². The van der Waals surface area contributed by atoms with Crippen molar-refractivity contribution < 1.29 is 13.6 Å². The van der Waals surface area contributed by atoms with E-state index >= 15 is 0 Å². The van der Waals surface area contributed by atoms with Gasteiger partial charge in [-0.3, -0.25) is 4.79 Å². The van der Waals surface area contributed by atoms with Gasteiger partial charge in [-0.05, 0) is 56.1 Å². The third kappa shape index (κ3) is 4.78. The van der Waals surface area contributed by atoms with E-state index in [1.807, 2.05) is 25.1 Å². The molecular weight excluding hydrogens is 390 g/mol. The zero-order chi connectivity index (χ0) is 19.6. The molecule has 9 heteroatoms. The van der Waals surface area contributed by atoms with Crippen molar-refractivity contribution in [3.63, 3.8) is 0 Å². The van der Waals surface area contributed by atoms with Gasteiger partial charge in [-0.1, -0.05) is 23.5 Å². The summed E-state index contributed by atoms with van der Waals surface area (Å²) >= 11 is 1.76. The number of benzene rings is 1. The topological polar surface area (TPSA) is 67.8 Å². The number of aryl methyl sites for hydroxylation is 3. The summed E-state index contributed by atoms with van der Waals surface area (Å²) < 4.78 is 26.0. The van der Waals surface area contributed by atoms with Crippen LogP contribution in [0.3, 0.4) is 0 Å². The quantitative estimate of drug-likeness (QED) is 0.464. The number of anilines is 1. The van der Waals surface area contributed by atoms with E-state index in [0.29, 0.717) is 34.7 Å². The zero-order valence-corrected chi connectivity index (χ0v) is 16.7. The maximum absolute atomic E-state index is 12.5. The number of carbonyl (C=O) groups is 1. The molecule has 0 aliphatic carbocycles. The van der Waals surface area contributed by atoms with E-state index in [4.69, 9.17) is 0 Å². The Bertz CT molecular complexity index is 968. The molecule has 3 aromatic rings. The molecule has 3 rings (SSSR count). The second kappa shape index (κ2) is 8.26. The van der Waals surface area contributed by atoms with Crippen LogP contribution in [0.2, 0.25) is 0 Å². The van der Waals surface area contributed by atoms with Gasteiger partial charge in [0.15, 0.2) is 10.3 Å². The van der Waals surface area contributed by atoms with Crippen LogP contribution < -0.4 is 5.32 Å². The molecule has 2 heterocycles. The molecule has 1 aromatic carbocycles. The molecule has 142 valence electrons. The van der Waals surface area contributed by atoms with E-state index in [0.717, 1.165) is 21.3 Å². The Morgan fingerprint density at radius 1 is 1.19 bits per heavy atom. The Balaban J connectivity index is 1.65. The van der Waals surface area contributed by atoms with Crippen LogP contribution in [0.5, 0.6) is 0 Å². The van der Waals surface area contributed by atoms with Gasteiger partial charge in [0.2, 0.25) is 5.91 Å². The standard InChI is InChI=1S/C18H18F2N4OS2/c1-9-5-4-6-13-15(9)24-18(26-13)23-14(25)8-7-12-10(2)21-17(22-11(12)3)27-16(19)20/h4-6,16H,7-8H2,1-3H3,(H,23,24,25). The molecule has 0 atom stereocenters. The molecule has 2 aromatic heterocycles. The van der Waals surface area contributed by atoms with Gasteiger partial charge < -0.3 is 5.32 Å². The average Bonchev–Trinajstić information content (AvgIpc) is 2.97. The van der Waals surface area contributed by atoms with E-state index < -0.39 is 5.76 Å². The SMILES string of the molecule is Cc1nc(SC(F)F)nc(C)c1CCC(=O)Nc1nc2c(C)cccc2s1. The molecule has 0 saturated carbocycles. The number of halogens is 2. The average molecular weight is 408 g/mol. The summed E-state index contributed by atoms with van der Waals surface area (Å²) in [5.41, 5.74) is 4.01. The summed E-state index contributed by atoms with van der Waals surface area (Å²) in [7, 11) is 0. The zero-order valence-electron chi connectivity index (χ0n) is 15.0. The number of thioether (sulfide) groups is 1.